The molecule has 2 aromatic heterocycles. The lowest BCUT2D eigenvalue weighted by atomic mass is 10.1. The van der Waals surface area contributed by atoms with Gasteiger partial charge in [-0.3, -0.25) is 9.89 Å². The van der Waals surface area contributed by atoms with Gasteiger partial charge in [0.25, 0.3) is 5.91 Å². The number of H-pyrrole nitrogens is 1. The summed E-state index contributed by atoms with van der Waals surface area (Å²) in [7, 11) is 1.68. The van der Waals surface area contributed by atoms with E-state index in [0.717, 1.165) is 28.4 Å². The minimum absolute atomic E-state index is 0.0508. The molecule has 4 heterocycles. The van der Waals surface area contributed by atoms with Crippen molar-refractivity contribution < 1.29 is 14.3 Å². The molecule has 2 N–H and O–H groups in total. The molecule has 0 aliphatic carbocycles. The lowest BCUT2D eigenvalue weighted by Crippen LogP contribution is -2.47. The summed E-state index contributed by atoms with van der Waals surface area (Å²) in [6.07, 6.45) is 3.56. The molecule has 4 rings (SSSR count). The maximum absolute atomic E-state index is 12.4. The number of anilines is 1. The van der Waals surface area contributed by atoms with Gasteiger partial charge in [-0.05, 0) is 0 Å². The van der Waals surface area contributed by atoms with Crippen molar-refractivity contribution in [3.63, 3.8) is 0 Å². The predicted molar refractivity (Wildman–Crippen MR) is 82.7 cm³/mol. The standard InChI is InChI=1S/C14H16N4O3S/c1-20-7-9-6-15-14(19)13-10-11(21-3-2-18(9)10)12(22-13)8-4-16-17-5-8/h4-5,9H,2-3,6-7H2,1H3,(H,15,19)(H,16,17)/t9-/m0/s1. The normalized spacial score (nSPS) is 20.1. The molecule has 116 valence electrons. The van der Waals surface area contributed by atoms with Gasteiger partial charge in [0.2, 0.25) is 0 Å². The van der Waals surface area contributed by atoms with Crippen LogP contribution in [0.5, 0.6) is 5.75 Å². The Hall–Kier alpha value is -2.06. The molecule has 2 aliphatic heterocycles. The second-order valence-corrected chi connectivity index (χ2v) is 6.31. The van der Waals surface area contributed by atoms with E-state index < -0.39 is 0 Å². The molecule has 0 saturated heterocycles. The van der Waals surface area contributed by atoms with Gasteiger partial charge in [-0.2, -0.15) is 5.10 Å². The fourth-order valence-corrected chi connectivity index (χ4v) is 4.14. The summed E-state index contributed by atoms with van der Waals surface area (Å²) in [4.78, 5) is 16.3. The summed E-state index contributed by atoms with van der Waals surface area (Å²) in [6.45, 7) is 2.50. The number of rotatable bonds is 3. The van der Waals surface area contributed by atoms with E-state index in [9.17, 15) is 4.79 Å². The Morgan fingerprint density at radius 1 is 1.55 bits per heavy atom. The van der Waals surface area contributed by atoms with E-state index in [2.05, 4.69) is 20.4 Å². The highest BCUT2D eigenvalue weighted by Gasteiger charge is 2.37. The highest BCUT2D eigenvalue weighted by molar-refractivity contribution is 7.18. The third-order valence-electron chi connectivity index (χ3n) is 3.97. The Labute approximate surface area is 131 Å². The SMILES string of the molecule is COC[C@@H]1CNC(=O)c2sc(-c3cn[nH]c3)c3c2N1CCO3. The minimum Gasteiger partial charge on any atom is -0.488 e. The van der Waals surface area contributed by atoms with Crippen molar-refractivity contribution in [2.75, 3.05) is 38.3 Å². The Balaban J connectivity index is 1.87. The Kier molecular flexibility index (Phi) is 3.27. The van der Waals surface area contributed by atoms with Gasteiger partial charge in [0.1, 0.15) is 17.2 Å². The van der Waals surface area contributed by atoms with Crippen molar-refractivity contribution in [1.29, 1.82) is 0 Å². The van der Waals surface area contributed by atoms with E-state index in [1.54, 1.807) is 13.3 Å². The van der Waals surface area contributed by atoms with Crippen LogP contribution in [0.1, 0.15) is 9.67 Å². The average Bonchev–Trinajstić information content (AvgIpc) is 3.15. The van der Waals surface area contributed by atoms with Crippen LogP contribution in [0.15, 0.2) is 12.4 Å². The number of nitrogens with one attached hydrogen (secondary N) is 2. The van der Waals surface area contributed by atoms with Gasteiger partial charge in [0, 0.05) is 25.4 Å². The molecule has 8 heteroatoms. The molecule has 22 heavy (non-hydrogen) atoms. The lowest BCUT2D eigenvalue weighted by Gasteiger charge is -2.35. The topological polar surface area (TPSA) is 79.5 Å². The fourth-order valence-electron chi connectivity index (χ4n) is 2.99. The van der Waals surface area contributed by atoms with Gasteiger partial charge in [-0.15, -0.1) is 11.3 Å². The Bertz CT molecular complexity index is 697. The van der Waals surface area contributed by atoms with Gasteiger partial charge in [-0.1, -0.05) is 0 Å². The zero-order valence-corrected chi connectivity index (χ0v) is 12.9. The van der Waals surface area contributed by atoms with Crippen LogP contribution in [-0.4, -0.2) is 55.6 Å². The first-order chi connectivity index (χ1) is 10.8. The van der Waals surface area contributed by atoms with Crippen molar-refractivity contribution in [3.8, 4) is 16.2 Å². The first kappa shape index (κ1) is 13.6. The molecular formula is C14H16N4O3S. The van der Waals surface area contributed by atoms with E-state index in [-0.39, 0.29) is 11.9 Å². The zero-order valence-electron chi connectivity index (χ0n) is 12.1. The number of thiophene rings is 1. The maximum atomic E-state index is 12.4. The molecule has 2 aliphatic rings. The summed E-state index contributed by atoms with van der Waals surface area (Å²) in [5.41, 5.74) is 1.83. The van der Waals surface area contributed by atoms with Crippen LogP contribution in [0.2, 0.25) is 0 Å². The summed E-state index contributed by atoms with van der Waals surface area (Å²) in [5.74, 6) is 0.732. The predicted octanol–water partition coefficient (Wildman–Crippen LogP) is 1.10. The third-order valence-corrected chi connectivity index (χ3v) is 5.18. The Morgan fingerprint density at radius 2 is 2.45 bits per heavy atom. The number of aromatic amines is 1. The molecule has 0 spiro atoms. The summed E-state index contributed by atoms with van der Waals surface area (Å²) >= 11 is 1.45. The quantitative estimate of drug-likeness (QED) is 0.885. The third kappa shape index (κ3) is 1.98. The zero-order chi connectivity index (χ0) is 15.1. The maximum Gasteiger partial charge on any atom is 0.263 e. The molecule has 0 bridgehead atoms. The van der Waals surface area contributed by atoms with Crippen LogP contribution in [-0.2, 0) is 4.74 Å². The average molecular weight is 320 g/mol. The molecule has 1 atom stereocenters. The number of ether oxygens (including phenoxy) is 2. The van der Waals surface area contributed by atoms with Crippen molar-refractivity contribution >= 4 is 22.9 Å². The number of aromatic nitrogens is 2. The van der Waals surface area contributed by atoms with Crippen LogP contribution >= 0.6 is 11.3 Å². The van der Waals surface area contributed by atoms with Crippen molar-refractivity contribution in [2.45, 2.75) is 6.04 Å². The number of hydrogen-bond donors (Lipinski definition) is 2. The molecular weight excluding hydrogens is 304 g/mol. The highest BCUT2D eigenvalue weighted by atomic mass is 32.1. The van der Waals surface area contributed by atoms with Gasteiger partial charge < -0.3 is 19.7 Å². The van der Waals surface area contributed by atoms with E-state index in [4.69, 9.17) is 9.47 Å². The number of hydrogen-bond acceptors (Lipinski definition) is 6. The smallest absolute Gasteiger partial charge is 0.263 e. The Morgan fingerprint density at radius 3 is 3.23 bits per heavy atom. The highest BCUT2D eigenvalue weighted by Crippen LogP contribution is 2.50. The van der Waals surface area contributed by atoms with E-state index in [0.29, 0.717) is 24.6 Å². The molecule has 0 unspecified atom stereocenters. The lowest BCUT2D eigenvalue weighted by molar-refractivity contribution is 0.0953. The second kappa shape index (κ2) is 5.29. The van der Waals surface area contributed by atoms with Crippen LogP contribution < -0.4 is 15.0 Å². The summed E-state index contributed by atoms with van der Waals surface area (Å²) < 4.78 is 11.2. The van der Waals surface area contributed by atoms with Gasteiger partial charge in [0.15, 0.2) is 5.75 Å². The van der Waals surface area contributed by atoms with E-state index >= 15 is 0 Å². The fraction of sp³-hybridized carbons (Fsp3) is 0.429. The molecule has 1 amide bonds. The van der Waals surface area contributed by atoms with Crippen molar-refractivity contribution in [1.82, 2.24) is 15.5 Å². The minimum atomic E-state index is -0.0508. The first-order valence-corrected chi connectivity index (χ1v) is 7.93. The first-order valence-electron chi connectivity index (χ1n) is 7.12. The molecule has 0 aromatic carbocycles. The number of nitrogens with zero attached hydrogens (tertiary/aromatic N) is 2. The summed E-state index contributed by atoms with van der Waals surface area (Å²) in [6, 6.07) is 0.115. The van der Waals surface area contributed by atoms with Gasteiger partial charge >= 0.3 is 0 Å². The van der Waals surface area contributed by atoms with Crippen LogP contribution in [0.4, 0.5) is 5.69 Å². The van der Waals surface area contributed by atoms with Crippen molar-refractivity contribution in [2.24, 2.45) is 0 Å². The molecule has 2 aromatic rings. The molecule has 0 fully saturated rings. The van der Waals surface area contributed by atoms with E-state index in [1.807, 2.05) is 6.20 Å². The summed E-state index contributed by atoms with van der Waals surface area (Å²) in [5, 5.41) is 9.78. The van der Waals surface area contributed by atoms with Crippen LogP contribution in [0.3, 0.4) is 0 Å². The number of carbonyl (C=O) groups excluding carboxylic acids is 1. The van der Waals surface area contributed by atoms with Crippen molar-refractivity contribution in [3.05, 3.63) is 17.3 Å². The number of amides is 1. The number of methoxy groups -OCH3 is 1. The molecule has 0 radical (unpaired) electrons. The van der Waals surface area contributed by atoms with Crippen LogP contribution in [0, 0.1) is 0 Å². The molecule has 0 saturated carbocycles. The van der Waals surface area contributed by atoms with Gasteiger partial charge in [-0.25, -0.2) is 0 Å². The van der Waals surface area contributed by atoms with Crippen LogP contribution in [0.25, 0.3) is 10.4 Å². The van der Waals surface area contributed by atoms with E-state index in [1.165, 1.54) is 11.3 Å². The number of carbonyl (C=O) groups is 1. The second-order valence-electron chi connectivity index (χ2n) is 5.29. The molecule has 7 nitrogen and oxygen atoms in total. The largest absolute Gasteiger partial charge is 0.488 e. The monoisotopic (exact) mass is 320 g/mol. The van der Waals surface area contributed by atoms with Gasteiger partial charge in [0.05, 0.1) is 30.3 Å².